The molecule has 0 saturated carbocycles. The van der Waals surface area contributed by atoms with Crippen molar-refractivity contribution < 1.29 is 4.79 Å². The SMILES string of the molecule is CC(=O)N1C[C@@H](P(c2ccccc2)c2ccccc2)C[C@H]1CP(c1ccccc1)c1ccccc1. The van der Waals surface area contributed by atoms with Crippen molar-refractivity contribution in [2.75, 3.05) is 12.7 Å². The second kappa shape index (κ2) is 11.3. The Bertz CT molecular complexity index is 1140. The summed E-state index contributed by atoms with van der Waals surface area (Å²) in [7, 11) is -1.10. The molecule has 2 atom stereocenters. The lowest BCUT2D eigenvalue weighted by atomic mass is 10.2. The molecule has 1 heterocycles. The Labute approximate surface area is 211 Å². The van der Waals surface area contributed by atoms with E-state index in [0.29, 0.717) is 5.66 Å². The summed E-state index contributed by atoms with van der Waals surface area (Å²) < 4.78 is 0. The molecule has 1 aliphatic heterocycles. The zero-order chi connectivity index (χ0) is 24.0. The van der Waals surface area contributed by atoms with Crippen molar-refractivity contribution in [3.05, 3.63) is 121 Å². The third kappa shape index (κ3) is 5.56. The van der Waals surface area contributed by atoms with Crippen LogP contribution in [0, 0.1) is 0 Å². The van der Waals surface area contributed by atoms with Gasteiger partial charge in [0, 0.05) is 25.2 Å². The van der Waals surface area contributed by atoms with E-state index in [1.54, 1.807) is 6.92 Å². The molecule has 4 aromatic rings. The number of hydrogen-bond donors (Lipinski definition) is 0. The number of amides is 1. The molecule has 0 unspecified atom stereocenters. The highest BCUT2D eigenvalue weighted by Crippen LogP contribution is 2.47. The summed E-state index contributed by atoms with van der Waals surface area (Å²) in [5, 5.41) is 5.57. The normalized spacial score (nSPS) is 17.7. The van der Waals surface area contributed by atoms with Crippen LogP contribution in [0.15, 0.2) is 121 Å². The highest BCUT2D eigenvalue weighted by Gasteiger charge is 2.40. The third-order valence-corrected chi connectivity index (χ3v) is 12.2. The van der Waals surface area contributed by atoms with Crippen molar-refractivity contribution in [3.63, 3.8) is 0 Å². The number of carbonyl (C=O) groups is 1. The topological polar surface area (TPSA) is 20.3 Å². The first-order valence-electron chi connectivity index (χ1n) is 12.2. The monoisotopic (exact) mass is 495 g/mol. The Kier molecular flexibility index (Phi) is 7.72. The third-order valence-electron chi connectivity index (χ3n) is 6.76. The van der Waals surface area contributed by atoms with Gasteiger partial charge in [0.1, 0.15) is 0 Å². The Hall–Kier alpha value is -2.79. The zero-order valence-electron chi connectivity index (χ0n) is 20.1. The molecular weight excluding hydrogens is 464 g/mol. The minimum absolute atomic E-state index is 0.199. The highest BCUT2D eigenvalue weighted by atomic mass is 31.1. The van der Waals surface area contributed by atoms with Crippen molar-refractivity contribution in [2.45, 2.75) is 25.0 Å². The maximum atomic E-state index is 12.9. The molecule has 0 aromatic heterocycles. The number of carbonyl (C=O) groups excluding carboxylic acids is 1. The van der Waals surface area contributed by atoms with E-state index < -0.39 is 15.8 Å². The van der Waals surface area contributed by atoms with Gasteiger partial charge in [-0.2, -0.15) is 0 Å². The van der Waals surface area contributed by atoms with Gasteiger partial charge in [0.15, 0.2) is 0 Å². The fourth-order valence-electron chi connectivity index (χ4n) is 5.17. The van der Waals surface area contributed by atoms with Crippen LogP contribution in [-0.4, -0.2) is 35.2 Å². The van der Waals surface area contributed by atoms with Gasteiger partial charge < -0.3 is 4.90 Å². The van der Waals surface area contributed by atoms with E-state index in [1.807, 2.05) is 0 Å². The molecule has 1 aliphatic rings. The molecule has 2 nitrogen and oxygen atoms in total. The molecule has 1 amide bonds. The molecule has 4 aromatic carbocycles. The van der Waals surface area contributed by atoms with Crippen molar-refractivity contribution in [2.24, 2.45) is 0 Å². The molecule has 0 aliphatic carbocycles. The maximum absolute atomic E-state index is 12.9. The van der Waals surface area contributed by atoms with Crippen molar-refractivity contribution in [1.82, 2.24) is 4.90 Å². The van der Waals surface area contributed by atoms with Crippen LogP contribution in [0.25, 0.3) is 0 Å². The van der Waals surface area contributed by atoms with Crippen molar-refractivity contribution >= 4 is 43.0 Å². The lowest BCUT2D eigenvalue weighted by Crippen LogP contribution is -2.37. The lowest BCUT2D eigenvalue weighted by molar-refractivity contribution is -0.129. The second-order valence-corrected chi connectivity index (χ2v) is 13.8. The minimum atomic E-state index is -0.550. The summed E-state index contributed by atoms with van der Waals surface area (Å²) in [6.45, 7) is 2.58. The summed E-state index contributed by atoms with van der Waals surface area (Å²) in [6, 6.07) is 43.8. The van der Waals surface area contributed by atoms with Gasteiger partial charge in [0.05, 0.1) is 0 Å². The summed E-state index contributed by atoms with van der Waals surface area (Å²) in [5.41, 5.74) is 0.451. The van der Waals surface area contributed by atoms with Crippen LogP contribution in [-0.2, 0) is 4.79 Å². The molecule has 0 bridgehead atoms. The Morgan fingerprint density at radius 2 is 1.09 bits per heavy atom. The van der Waals surface area contributed by atoms with E-state index in [0.717, 1.165) is 19.1 Å². The molecule has 0 N–H and O–H groups in total. The van der Waals surface area contributed by atoms with Crippen LogP contribution in [0.1, 0.15) is 13.3 Å². The van der Waals surface area contributed by atoms with Crippen LogP contribution in [0.5, 0.6) is 0 Å². The Balaban J connectivity index is 1.48. The van der Waals surface area contributed by atoms with E-state index in [2.05, 4.69) is 126 Å². The molecule has 176 valence electrons. The molecule has 1 fully saturated rings. The number of benzene rings is 4. The first-order valence-corrected chi connectivity index (χ1v) is 15.2. The number of likely N-dealkylation sites (tertiary alicyclic amines) is 1. The first kappa shape index (κ1) is 23.9. The predicted molar refractivity (Wildman–Crippen MR) is 153 cm³/mol. The number of nitrogens with zero attached hydrogens (tertiary/aromatic N) is 1. The molecule has 0 radical (unpaired) electrons. The van der Waals surface area contributed by atoms with Crippen LogP contribution in [0.4, 0.5) is 0 Å². The van der Waals surface area contributed by atoms with Crippen LogP contribution in [0.2, 0.25) is 0 Å². The lowest BCUT2D eigenvalue weighted by Gasteiger charge is -2.28. The van der Waals surface area contributed by atoms with E-state index in [4.69, 9.17) is 0 Å². The fraction of sp³-hybridized carbons (Fsp3) is 0.194. The number of rotatable bonds is 7. The van der Waals surface area contributed by atoms with E-state index in [9.17, 15) is 4.79 Å². The largest absolute Gasteiger partial charge is 0.339 e. The molecule has 1 saturated heterocycles. The average Bonchev–Trinajstić information content (AvgIpc) is 3.33. The molecular formula is C31H31NOP2. The first-order chi connectivity index (χ1) is 17.2. The van der Waals surface area contributed by atoms with Gasteiger partial charge in [-0.25, -0.2) is 0 Å². The van der Waals surface area contributed by atoms with Gasteiger partial charge in [0.2, 0.25) is 5.91 Å². The van der Waals surface area contributed by atoms with Gasteiger partial charge in [-0.3, -0.25) is 4.79 Å². The van der Waals surface area contributed by atoms with Gasteiger partial charge in [-0.15, -0.1) is 0 Å². The maximum Gasteiger partial charge on any atom is 0.219 e. The van der Waals surface area contributed by atoms with Crippen LogP contribution < -0.4 is 21.2 Å². The van der Waals surface area contributed by atoms with E-state index >= 15 is 0 Å². The minimum Gasteiger partial charge on any atom is -0.339 e. The Morgan fingerprint density at radius 1 is 0.686 bits per heavy atom. The standard InChI is InChI=1S/C31H31NOP2/c1-25(33)32-23-31(35(29-18-10-4-11-19-29)30-20-12-5-13-21-30)22-26(32)24-34(27-14-6-2-7-15-27)28-16-8-3-9-17-28/h2-21,26,31H,22-24H2,1H3/t26-,31-/m0/s1. The molecule has 4 heteroatoms. The summed E-state index contributed by atoms with van der Waals surface area (Å²) in [6.07, 6.45) is 2.06. The molecule has 35 heavy (non-hydrogen) atoms. The van der Waals surface area contributed by atoms with Gasteiger partial charge in [0.25, 0.3) is 0 Å². The van der Waals surface area contributed by atoms with Gasteiger partial charge in [-0.1, -0.05) is 121 Å². The zero-order valence-corrected chi connectivity index (χ0v) is 21.9. The predicted octanol–water partition coefficient (Wildman–Crippen LogP) is 5.24. The summed E-state index contributed by atoms with van der Waals surface area (Å²) >= 11 is 0. The van der Waals surface area contributed by atoms with Gasteiger partial charge >= 0.3 is 0 Å². The van der Waals surface area contributed by atoms with Crippen molar-refractivity contribution in [3.8, 4) is 0 Å². The molecule has 5 rings (SSSR count). The smallest absolute Gasteiger partial charge is 0.219 e. The van der Waals surface area contributed by atoms with E-state index in [1.165, 1.54) is 21.2 Å². The fourth-order valence-corrected chi connectivity index (χ4v) is 10.6. The summed E-state index contributed by atoms with van der Waals surface area (Å²) in [5.74, 6) is 0.199. The average molecular weight is 496 g/mol. The van der Waals surface area contributed by atoms with Crippen molar-refractivity contribution in [1.29, 1.82) is 0 Å². The quantitative estimate of drug-likeness (QED) is 0.321. The van der Waals surface area contributed by atoms with E-state index in [-0.39, 0.29) is 11.9 Å². The summed E-state index contributed by atoms with van der Waals surface area (Å²) in [4.78, 5) is 15.1. The molecule has 0 spiro atoms. The second-order valence-electron chi connectivity index (χ2n) is 9.04. The van der Waals surface area contributed by atoms with Crippen LogP contribution >= 0.6 is 15.8 Å². The number of hydrogen-bond acceptors (Lipinski definition) is 1. The van der Waals surface area contributed by atoms with Gasteiger partial charge in [-0.05, 0) is 49.6 Å². The highest BCUT2D eigenvalue weighted by molar-refractivity contribution is 7.74. The van der Waals surface area contributed by atoms with Crippen LogP contribution in [0.3, 0.4) is 0 Å². The Morgan fingerprint density at radius 3 is 1.49 bits per heavy atom.